The van der Waals surface area contributed by atoms with E-state index in [4.69, 9.17) is 9.47 Å². The standard InChI is InChI=1S/C21H24N2O4S/c1-28-12-11-17(23-20(24)15-7-3-2-4-8-15)21(25)22-13-16-14-26-18-9-5-6-10-19(18)27-16/h2-10,16-17H,11-14H2,1H3,(H,22,25)(H,23,24)/t16-,17-/m0/s1. The fraction of sp³-hybridized carbons (Fsp3) is 0.333. The molecule has 0 saturated carbocycles. The Morgan fingerprint density at radius 2 is 1.82 bits per heavy atom. The summed E-state index contributed by atoms with van der Waals surface area (Å²) in [6.07, 6.45) is 2.25. The topological polar surface area (TPSA) is 76.7 Å². The first-order valence-electron chi connectivity index (χ1n) is 9.18. The highest BCUT2D eigenvalue weighted by Gasteiger charge is 2.25. The first-order chi connectivity index (χ1) is 13.7. The third-order valence-electron chi connectivity index (χ3n) is 4.34. The fourth-order valence-corrected chi connectivity index (χ4v) is 3.31. The van der Waals surface area contributed by atoms with Gasteiger partial charge in [-0.15, -0.1) is 0 Å². The van der Waals surface area contributed by atoms with Crippen molar-refractivity contribution in [1.29, 1.82) is 0 Å². The number of fused-ring (bicyclic) bond motifs is 1. The van der Waals surface area contributed by atoms with E-state index in [0.717, 1.165) is 5.75 Å². The Balaban J connectivity index is 1.55. The van der Waals surface area contributed by atoms with Crippen LogP contribution in [0.15, 0.2) is 54.6 Å². The number of rotatable bonds is 8. The Hall–Kier alpha value is -2.67. The van der Waals surface area contributed by atoms with Crippen LogP contribution in [0.5, 0.6) is 11.5 Å². The van der Waals surface area contributed by atoms with E-state index in [2.05, 4.69) is 10.6 Å². The zero-order valence-corrected chi connectivity index (χ0v) is 16.5. The molecule has 0 unspecified atom stereocenters. The highest BCUT2D eigenvalue weighted by molar-refractivity contribution is 7.98. The van der Waals surface area contributed by atoms with Crippen LogP contribution in [-0.2, 0) is 4.79 Å². The smallest absolute Gasteiger partial charge is 0.251 e. The van der Waals surface area contributed by atoms with Crippen LogP contribution in [0, 0.1) is 0 Å². The Bertz CT molecular complexity index is 800. The van der Waals surface area contributed by atoms with Gasteiger partial charge in [-0.05, 0) is 42.7 Å². The molecule has 0 aliphatic carbocycles. The molecule has 1 heterocycles. The summed E-state index contributed by atoms with van der Waals surface area (Å²) < 4.78 is 11.5. The van der Waals surface area contributed by atoms with E-state index in [9.17, 15) is 9.59 Å². The van der Waals surface area contributed by atoms with E-state index >= 15 is 0 Å². The number of thioether (sulfide) groups is 1. The number of amides is 2. The van der Waals surface area contributed by atoms with Crippen molar-refractivity contribution in [3.8, 4) is 11.5 Å². The predicted molar refractivity (Wildman–Crippen MR) is 110 cm³/mol. The number of carbonyl (C=O) groups excluding carboxylic acids is 2. The minimum atomic E-state index is -0.600. The van der Waals surface area contributed by atoms with Crippen molar-refractivity contribution in [1.82, 2.24) is 10.6 Å². The Labute approximate surface area is 169 Å². The van der Waals surface area contributed by atoms with Crippen LogP contribution in [0.25, 0.3) is 0 Å². The molecule has 3 rings (SSSR count). The third-order valence-corrected chi connectivity index (χ3v) is 4.98. The SMILES string of the molecule is CSCC[C@H](NC(=O)c1ccccc1)C(=O)NC[C@H]1COc2ccccc2O1. The number of hydrogen-bond donors (Lipinski definition) is 2. The van der Waals surface area contributed by atoms with Gasteiger partial charge in [-0.2, -0.15) is 11.8 Å². The summed E-state index contributed by atoms with van der Waals surface area (Å²) in [5.74, 6) is 1.67. The Morgan fingerprint density at radius 1 is 1.11 bits per heavy atom. The second kappa shape index (κ2) is 10.0. The summed E-state index contributed by atoms with van der Waals surface area (Å²) in [5, 5.41) is 5.72. The zero-order valence-electron chi connectivity index (χ0n) is 15.7. The van der Waals surface area contributed by atoms with Crippen molar-refractivity contribution in [2.45, 2.75) is 18.6 Å². The van der Waals surface area contributed by atoms with Crippen molar-refractivity contribution >= 4 is 23.6 Å². The van der Waals surface area contributed by atoms with E-state index < -0.39 is 6.04 Å². The average Bonchev–Trinajstić information content (AvgIpc) is 2.75. The molecule has 1 aliphatic rings. The van der Waals surface area contributed by atoms with Gasteiger partial charge in [-0.25, -0.2) is 0 Å². The lowest BCUT2D eigenvalue weighted by molar-refractivity contribution is -0.123. The van der Waals surface area contributed by atoms with Gasteiger partial charge in [0.25, 0.3) is 5.91 Å². The maximum absolute atomic E-state index is 12.7. The molecule has 148 valence electrons. The fourth-order valence-electron chi connectivity index (χ4n) is 2.84. The first kappa shape index (κ1) is 20.1. The number of ether oxygens (including phenoxy) is 2. The first-order valence-corrected chi connectivity index (χ1v) is 10.6. The van der Waals surface area contributed by atoms with Crippen LogP contribution in [0.3, 0.4) is 0 Å². The van der Waals surface area contributed by atoms with Crippen LogP contribution >= 0.6 is 11.8 Å². The molecular formula is C21H24N2O4S. The number of hydrogen-bond acceptors (Lipinski definition) is 5. The molecule has 6 nitrogen and oxygen atoms in total. The van der Waals surface area contributed by atoms with Crippen molar-refractivity contribution in [2.24, 2.45) is 0 Å². The van der Waals surface area contributed by atoms with Crippen molar-refractivity contribution in [3.05, 3.63) is 60.2 Å². The molecule has 2 N–H and O–H groups in total. The molecule has 0 spiro atoms. The lowest BCUT2D eigenvalue weighted by Crippen LogP contribution is -2.50. The normalized spacial score (nSPS) is 16.1. The van der Waals surface area contributed by atoms with E-state index in [1.807, 2.05) is 36.6 Å². The monoisotopic (exact) mass is 400 g/mol. The lowest BCUT2D eigenvalue weighted by atomic mass is 10.1. The van der Waals surface area contributed by atoms with E-state index in [1.165, 1.54) is 0 Å². The van der Waals surface area contributed by atoms with Gasteiger partial charge in [0, 0.05) is 5.56 Å². The molecule has 28 heavy (non-hydrogen) atoms. The summed E-state index contributed by atoms with van der Waals surface area (Å²) >= 11 is 1.63. The average molecular weight is 401 g/mol. The maximum atomic E-state index is 12.7. The number of nitrogens with one attached hydrogen (secondary N) is 2. The molecule has 0 fully saturated rings. The highest BCUT2D eigenvalue weighted by atomic mass is 32.2. The zero-order chi connectivity index (χ0) is 19.8. The van der Waals surface area contributed by atoms with Crippen LogP contribution in [-0.4, -0.2) is 49.1 Å². The molecule has 2 amide bonds. The summed E-state index contributed by atoms with van der Waals surface area (Å²) in [6, 6.07) is 15.7. The third kappa shape index (κ3) is 5.42. The summed E-state index contributed by atoms with van der Waals surface area (Å²) in [7, 11) is 0. The van der Waals surface area contributed by atoms with Crippen LogP contribution in [0.1, 0.15) is 16.8 Å². The van der Waals surface area contributed by atoms with Gasteiger partial charge in [0.05, 0.1) is 6.54 Å². The minimum absolute atomic E-state index is 0.221. The molecule has 2 atom stereocenters. The molecule has 2 aromatic rings. The largest absolute Gasteiger partial charge is 0.486 e. The summed E-state index contributed by atoms with van der Waals surface area (Å²) in [4.78, 5) is 25.1. The minimum Gasteiger partial charge on any atom is -0.486 e. The Morgan fingerprint density at radius 3 is 2.57 bits per heavy atom. The van der Waals surface area contributed by atoms with Gasteiger partial charge in [-0.3, -0.25) is 9.59 Å². The Kier molecular flexibility index (Phi) is 7.19. The quantitative estimate of drug-likeness (QED) is 0.712. The van der Waals surface area contributed by atoms with Gasteiger partial charge in [0.15, 0.2) is 11.5 Å². The number of para-hydroxylation sites is 2. The molecular weight excluding hydrogens is 376 g/mol. The van der Waals surface area contributed by atoms with Crippen LogP contribution in [0.2, 0.25) is 0 Å². The molecule has 0 saturated heterocycles. The second-order valence-corrected chi connectivity index (χ2v) is 7.40. The number of benzene rings is 2. The van der Waals surface area contributed by atoms with Crippen molar-refractivity contribution in [3.63, 3.8) is 0 Å². The summed E-state index contributed by atoms with van der Waals surface area (Å²) in [6.45, 7) is 0.674. The number of carbonyl (C=O) groups is 2. The van der Waals surface area contributed by atoms with Gasteiger partial charge in [0.1, 0.15) is 18.8 Å². The second-order valence-electron chi connectivity index (χ2n) is 6.42. The van der Waals surface area contributed by atoms with Gasteiger partial charge >= 0.3 is 0 Å². The maximum Gasteiger partial charge on any atom is 0.251 e. The van der Waals surface area contributed by atoms with Gasteiger partial charge in [0.2, 0.25) is 5.91 Å². The molecule has 1 aliphatic heterocycles. The van der Waals surface area contributed by atoms with Crippen molar-refractivity contribution < 1.29 is 19.1 Å². The van der Waals surface area contributed by atoms with E-state index in [1.54, 1.807) is 36.0 Å². The van der Waals surface area contributed by atoms with Gasteiger partial charge in [-0.1, -0.05) is 30.3 Å². The predicted octanol–water partition coefficient (Wildman–Crippen LogP) is 2.49. The molecule has 0 aromatic heterocycles. The van der Waals surface area contributed by atoms with Gasteiger partial charge < -0.3 is 20.1 Å². The van der Waals surface area contributed by atoms with E-state index in [0.29, 0.717) is 36.6 Å². The van der Waals surface area contributed by atoms with Crippen LogP contribution in [0.4, 0.5) is 0 Å². The molecule has 2 aromatic carbocycles. The summed E-state index contributed by atoms with van der Waals surface area (Å²) in [5.41, 5.74) is 0.532. The molecule has 0 radical (unpaired) electrons. The lowest BCUT2D eigenvalue weighted by Gasteiger charge is -2.27. The van der Waals surface area contributed by atoms with E-state index in [-0.39, 0.29) is 17.9 Å². The van der Waals surface area contributed by atoms with Crippen molar-refractivity contribution in [2.75, 3.05) is 25.2 Å². The molecule has 0 bridgehead atoms. The molecule has 7 heteroatoms. The van der Waals surface area contributed by atoms with Crippen LogP contribution < -0.4 is 20.1 Å². The highest BCUT2D eigenvalue weighted by Crippen LogP contribution is 2.30.